The van der Waals surface area contributed by atoms with Crippen LogP contribution in [0.2, 0.25) is 0 Å². The van der Waals surface area contributed by atoms with Crippen molar-refractivity contribution in [1.29, 1.82) is 0 Å². The Morgan fingerprint density at radius 2 is 2.18 bits per heavy atom. The first-order chi connectivity index (χ1) is 10.6. The average Bonchev–Trinajstić information content (AvgIpc) is 2.96. The van der Waals surface area contributed by atoms with E-state index in [9.17, 15) is 4.79 Å². The highest BCUT2D eigenvalue weighted by Gasteiger charge is 2.28. The number of anilines is 1. The topological polar surface area (TPSA) is 62.7 Å². The van der Waals surface area contributed by atoms with Gasteiger partial charge in [-0.1, -0.05) is 18.2 Å². The molecule has 2 N–H and O–H groups in total. The Kier molecular flexibility index (Phi) is 3.90. The van der Waals surface area contributed by atoms with E-state index in [-0.39, 0.29) is 11.9 Å². The maximum absolute atomic E-state index is 12.8. The van der Waals surface area contributed by atoms with Crippen molar-refractivity contribution < 1.29 is 9.21 Å². The molecule has 5 nitrogen and oxygen atoms in total. The van der Waals surface area contributed by atoms with Gasteiger partial charge in [-0.05, 0) is 24.6 Å². The molecule has 0 aliphatic carbocycles. The van der Waals surface area contributed by atoms with Gasteiger partial charge in [-0.15, -0.1) is 0 Å². The Hall–Kier alpha value is -2.27. The molecule has 0 fully saturated rings. The van der Waals surface area contributed by atoms with Gasteiger partial charge in [0.05, 0.1) is 12.1 Å². The van der Waals surface area contributed by atoms with Crippen LogP contribution in [0.1, 0.15) is 28.6 Å². The SMILES string of the molecule is CC1CN(C)c2ccccc2CN1C(=O)c1coc(CN)c1. The molecule has 0 radical (unpaired) electrons. The number of para-hydroxylation sites is 1. The lowest BCUT2D eigenvalue weighted by Crippen LogP contribution is -2.41. The summed E-state index contributed by atoms with van der Waals surface area (Å²) in [6.45, 7) is 3.77. The van der Waals surface area contributed by atoms with E-state index in [1.165, 1.54) is 12.0 Å². The summed E-state index contributed by atoms with van der Waals surface area (Å²) in [6.07, 6.45) is 1.50. The first-order valence-corrected chi connectivity index (χ1v) is 7.47. The third-order valence-electron chi connectivity index (χ3n) is 4.18. The summed E-state index contributed by atoms with van der Waals surface area (Å²) in [5.41, 5.74) is 8.45. The number of amides is 1. The molecule has 1 amide bonds. The van der Waals surface area contributed by atoms with Crippen LogP contribution in [-0.2, 0) is 13.1 Å². The summed E-state index contributed by atoms with van der Waals surface area (Å²) in [4.78, 5) is 16.9. The lowest BCUT2D eigenvalue weighted by Gasteiger charge is -2.28. The number of fused-ring (bicyclic) bond motifs is 1. The fraction of sp³-hybridized carbons (Fsp3) is 0.353. The minimum Gasteiger partial charge on any atom is -0.467 e. The Morgan fingerprint density at radius 1 is 1.41 bits per heavy atom. The molecule has 1 aromatic carbocycles. The molecule has 3 rings (SSSR count). The molecule has 0 saturated heterocycles. The molecule has 1 aliphatic heterocycles. The van der Waals surface area contributed by atoms with Crippen molar-refractivity contribution in [3.8, 4) is 0 Å². The van der Waals surface area contributed by atoms with Crippen molar-refractivity contribution in [3.63, 3.8) is 0 Å². The van der Waals surface area contributed by atoms with E-state index >= 15 is 0 Å². The van der Waals surface area contributed by atoms with E-state index in [1.54, 1.807) is 6.07 Å². The van der Waals surface area contributed by atoms with Gasteiger partial charge in [-0.25, -0.2) is 0 Å². The number of likely N-dealkylation sites (N-methyl/N-ethyl adjacent to an activating group) is 1. The molecule has 2 heterocycles. The van der Waals surface area contributed by atoms with Gasteiger partial charge in [-0.2, -0.15) is 0 Å². The van der Waals surface area contributed by atoms with E-state index in [0.29, 0.717) is 24.4 Å². The van der Waals surface area contributed by atoms with Crippen LogP contribution >= 0.6 is 0 Å². The zero-order valence-corrected chi connectivity index (χ0v) is 13.0. The summed E-state index contributed by atoms with van der Waals surface area (Å²) >= 11 is 0. The van der Waals surface area contributed by atoms with Crippen LogP contribution in [-0.4, -0.2) is 30.4 Å². The van der Waals surface area contributed by atoms with E-state index in [2.05, 4.69) is 31.0 Å². The Morgan fingerprint density at radius 3 is 2.91 bits per heavy atom. The van der Waals surface area contributed by atoms with Crippen molar-refractivity contribution in [2.75, 3.05) is 18.5 Å². The molecular weight excluding hydrogens is 278 g/mol. The molecule has 1 aliphatic rings. The lowest BCUT2D eigenvalue weighted by molar-refractivity contribution is 0.0686. The van der Waals surface area contributed by atoms with Crippen LogP contribution in [0.5, 0.6) is 0 Å². The van der Waals surface area contributed by atoms with Gasteiger partial charge in [0.2, 0.25) is 0 Å². The molecule has 116 valence electrons. The number of nitrogens with two attached hydrogens (primary N) is 1. The van der Waals surface area contributed by atoms with Gasteiger partial charge in [0.15, 0.2) is 0 Å². The highest BCUT2D eigenvalue weighted by Crippen LogP contribution is 2.27. The molecule has 1 unspecified atom stereocenters. The van der Waals surface area contributed by atoms with Crippen molar-refractivity contribution in [3.05, 3.63) is 53.5 Å². The van der Waals surface area contributed by atoms with Gasteiger partial charge in [0.1, 0.15) is 12.0 Å². The predicted molar refractivity (Wildman–Crippen MR) is 85.6 cm³/mol. The Labute approximate surface area is 130 Å². The highest BCUT2D eigenvalue weighted by atomic mass is 16.3. The third-order valence-corrected chi connectivity index (χ3v) is 4.18. The van der Waals surface area contributed by atoms with Gasteiger partial charge in [-0.3, -0.25) is 4.79 Å². The minimum atomic E-state index is -0.0129. The van der Waals surface area contributed by atoms with E-state index in [1.807, 2.05) is 17.0 Å². The van der Waals surface area contributed by atoms with E-state index in [4.69, 9.17) is 10.2 Å². The maximum atomic E-state index is 12.8. The molecule has 22 heavy (non-hydrogen) atoms. The number of furan rings is 1. The molecule has 0 bridgehead atoms. The van der Waals surface area contributed by atoms with Crippen molar-refractivity contribution in [1.82, 2.24) is 4.90 Å². The molecule has 0 spiro atoms. The maximum Gasteiger partial charge on any atom is 0.257 e. The first-order valence-electron chi connectivity index (χ1n) is 7.47. The Bertz CT molecular complexity index is 680. The molecule has 1 aromatic heterocycles. The average molecular weight is 299 g/mol. The van der Waals surface area contributed by atoms with Crippen LogP contribution < -0.4 is 10.6 Å². The van der Waals surface area contributed by atoms with E-state index in [0.717, 1.165) is 12.1 Å². The summed E-state index contributed by atoms with van der Waals surface area (Å²) in [6, 6.07) is 10.1. The third kappa shape index (κ3) is 2.60. The quantitative estimate of drug-likeness (QED) is 0.923. The second-order valence-electron chi connectivity index (χ2n) is 5.80. The number of carbonyl (C=O) groups is 1. The normalized spacial score (nSPS) is 18.0. The summed E-state index contributed by atoms with van der Waals surface area (Å²) < 4.78 is 5.30. The number of hydrogen-bond acceptors (Lipinski definition) is 4. The predicted octanol–water partition coefficient (Wildman–Crippen LogP) is 2.22. The van der Waals surface area contributed by atoms with Gasteiger partial charge in [0.25, 0.3) is 5.91 Å². The van der Waals surface area contributed by atoms with Gasteiger partial charge < -0.3 is 20.0 Å². The fourth-order valence-corrected chi connectivity index (χ4v) is 2.99. The fourth-order valence-electron chi connectivity index (χ4n) is 2.99. The van der Waals surface area contributed by atoms with Gasteiger partial charge in [0, 0.05) is 31.9 Å². The standard InChI is InChI=1S/C17H21N3O2/c1-12-9-19(2)16-6-4-3-5-13(16)10-20(12)17(21)14-7-15(8-18)22-11-14/h3-7,11-12H,8-10,18H2,1-2H3. The van der Waals surface area contributed by atoms with Gasteiger partial charge >= 0.3 is 0 Å². The van der Waals surface area contributed by atoms with Crippen molar-refractivity contribution in [2.24, 2.45) is 5.73 Å². The van der Waals surface area contributed by atoms with Crippen molar-refractivity contribution >= 4 is 11.6 Å². The number of carbonyl (C=O) groups excluding carboxylic acids is 1. The zero-order valence-electron chi connectivity index (χ0n) is 13.0. The van der Waals surface area contributed by atoms with E-state index < -0.39 is 0 Å². The number of hydrogen-bond donors (Lipinski definition) is 1. The van der Waals surface area contributed by atoms with Crippen LogP contribution in [0.3, 0.4) is 0 Å². The minimum absolute atomic E-state index is 0.0129. The lowest BCUT2D eigenvalue weighted by atomic mass is 10.1. The zero-order chi connectivity index (χ0) is 15.7. The molecule has 0 saturated carbocycles. The second kappa shape index (κ2) is 5.85. The Balaban J connectivity index is 1.91. The van der Waals surface area contributed by atoms with Crippen LogP contribution in [0, 0.1) is 0 Å². The van der Waals surface area contributed by atoms with Crippen LogP contribution in [0.15, 0.2) is 41.0 Å². The number of benzene rings is 1. The van der Waals surface area contributed by atoms with Crippen LogP contribution in [0.25, 0.3) is 0 Å². The van der Waals surface area contributed by atoms with Crippen molar-refractivity contribution in [2.45, 2.75) is 26.1 Å². The second-order valence-corrected chi connectivity index (χ2v) is 5.80. The monoisotopic (exact) mass is 299 g/mol. The first kappa shape index (κ1) is 14.7. The highest BCUT2D eigenvalue weighted by molar-refractivity contribution is 5.94. The summed E-state index contributed by atoms with van der Waals surface area (Å²) in [5.74, 6) is 0.615. The molecule has 5 heteroatoms. The molecular formula is C17H21N3O2. The number of rotatable bonds is 2. The number of nitrogens with zero attached hydrogens (tertiary/aromatic N) is 2. The molecule has 2 aromatic rings. The molecule has 1 atom stereocenters. The summed E-state index contributed by atoms with van der Waals surface area (Å²) in [5, 5.41) is 0. The van der Waals surface area contributed by atoms with Crippen LogP contribution in [0.4, 0.5) is 5.69 Å². The largest absolute Gasteiger partial charge is 0.467 e. The summed E-state index contributed by atoms with van der Waals surface area (Å²) in [7, 11) is 2.06. The smallest absolute Gasteiger partial charge is 0.257 e.